The van der Waals surface area contributed by atoms with Crippen molar-refractivity contribution in [1.29, 1.82) is 0 Å². The summed E-state index contributed by atoms with van der Waals surface area (Å²) in [6.07, 6.45) is 2.33. The molecule has 8 nitrogen and oxygen atoms in total. The summed E-state index contributed by atoms with van der Waals surface area (Å²) in [5.41, 5.74) is 1.40. The van der Waals surface area contributed by atoms with Crippen LogP contribution in [-0.4, -0.2) is 58.5 Å². The Bertz CT molecular complexity index is 1360. The van der Waals surface area contributed by atoms with Gasteiger partial charge in [0.15, 0.2) is 0 Å². The van der Waals surface area contributed by atoms with Crippen LogP contribution in [0.15, 0.2) is 51.1 Å². The predicted octanol–water partition coefficient (Wildman–Crippen LogP) is 3.07. The average molecular weight is 521 g/mol. The number of nitrogens with one attached hydrogen (secondary N) is 1. The van der Waals surface area contributed by atoms with E-state index in [1.165, 1.54) is 6.07 Å². The number of hydrogen-bond donors (Lipinski definition) is 2. The first-order valence-electron chi connectivity index (χ1n) is 11.9. The lowest BCUT2D eigenvalue weighted by Gasteiger charge is -2.40. The Labute approximate surface area is 207 Å². The SMILES string of the molecule is CCC1(CC)c2ccccc2S(=O)(=O)c2cc(S(=O)(=O)NC3CCN(CC(=O)O)CC3)c(C)cc21. The molecule has 2 aromatic carbocycles. The molecule has 0 radical (unpaired) electrons. The van der Waals surface area contributed by atoms with Gasteiger partial charge in [-0.05, 0) is 61.4 Å². The fraction of sp³-hybridized carbons (Fsp3) is 0.480. The van der Waals surface area contributed by atoms with Gasteiger partial charge in [-0.25, -0.2) is 21.6 Å². The van der Waals surface area contributed by atoms with Crippen LogP contribution in [0.2, 0.25) is 0 Å². The average Bonchev–Trinajstić information content (AvgIpc) is 2.80. The van der Waals surface area contributed by atoms with Gasteiger partial charge in [-0.3, -0.25) is 9.69 Å². The van der Waals surface area contributed by atoms with Crippen molar-refractivity contribution >= 4 is 25.8 Å². The molecule has 0 bridgehead atoms. The van der Waals surface area contributed by atoms with Gasteiger partial charge < -0.3 is 5.11 Å². The van der Waals surface area contributed by atoms with Gasteiger partial charge in [-0.2, -0.15) is 0 Å². The number of aryl methyl sites for hydroxylation is 1. The first kappa shape index (κ1) is 25.8. The van der Waals surface area contributed by atoms with Gasteiger partial charge in [-0.15, -0.1) is 0 Å². The third kappa shape index (κ3) is 4.41. The van der Waals surface area contributed by atoms with E-state index in [0.29, 0.717) is 49.9 Å². The molecule has 0 atom stereocenters. The summed E-state index contributed by atoms with van der Waals surface area (Å²) in [5, 5.41) is 8.97. The quantitative estimate of drug-likeness (QED) is 0.576. The molecular formula is C25H32N2O6S2. The van der Waals surface area contributed by atoms with Crippen LogP contribution in [0.4, 0.5) is 0 Å². The van der Waals surface area contributed by atoms with Gasteiger partial charge in [0.2, 0.25) is 19.9 Å². The zero-order chi connectivity index (χ0) is 25.6. The molecule has 190 valence electrons. The van der Waals surface area contributed by atoms with Crippen molar-refractivity contribution in [2.45, 2.75) is 72.6 Å². The van der Waals surface area contributed by atoms with Crippen LogP contribution in [0.25, 0.3) is 0 Å². The molecule has 0 saturated carbocycles. The number of rotatable bonds is 7. The van der Waals surface area contributed by atoms with Gasteiger partial charge >= 0.3 is 5.97 Å². The molecule has 0 aromatic heterocycles. The van der Waals surface area contributed by atoms with E-state index in [1.54, 1.807) is 30.0 Å². The second-order valence-corrected chi connectivity index (χ2v) is 13.0. The lowest BCUT2D eigenvalue weighted by Crippen LogP contribution is -2.46. The molecule has 35 heavy (non-hydrogen) atoms. The number of carboxylic acid groups (broad SMARTS) is 1. The highest BCUT2D eigenvalue weighted by Gasteiger charge is 2.45. The van der Waals surface area contributed by atoms with Crippen LogP contribution >= 0.6 is 0 Å². The van der Waals surface area contributed by atoms with Crippen molar-refractivity contribution in [2.24, 2.45) is 0 Å². The number of carbonyl (C=O) groups is 1. The molecule has 0 aliphatic carbocycles. The van der Waals surface area contributed by atoms with Gasteiger partial charge in [0.05, 0.1) is 21.2 Å². The number of benzene rings is 2. The molecule has 0 spiro atoms. The molecule has 1 fully saturated rings. The maximum atomic E-state index is 13.7. The zero-order valence-electron chi connectivity index (χ0n) is 20.2. The predicted molar refractivity (Wildman–Crippen MR) is 132 cm³/mol. The number of sulfonamides is 1. The maximum absolute atomic E-state index is 13.7. The Kier molecular flexibility index (Phi) is 6.87. The summed E-state index contributed by atoms with van der Waals surface area (Å²) < 4.78 is 56.9. The van der Waals surface area contributed by atoms with Crippen molar-refractivity contribution in [1.82, 2.24) is 9.62 Å². The van der Waals surface area contributed by atoms with Crippen molar-refractivity contribution in [3.05, 3.63) is 53.1 Å². The zero-order valence-corrected chi connectivity index (χ0v) is 21.9. The molecule has 2 heterocycles. The third-order valence-electron chi connectivity index (χ3n) is 7.54. The van der Waals surface area contributed by atoms with Crippen molar-refractivity contribution < 1.29 is 26.7 Å². The van der Waals surface area contributed by atoms with Crippen molar-refractivity contribution in [3.8, 4) is 0 Å². The summed E-state index contributed by atoms with van der Waals surface area (Å²) in [7, 11) is -7.89. The van der Waals surface area contributed by atoms with Crippen LogP contribution in [0.5, 0.6) is 0 Å². The Morgan fingerprint density at radius 3 is 2.31 bits per heavy atom. The summed E-state index contributed by atoms with van der Waals surface area (Å²) in [6.45, 7) is 6.64. The van der Waals surface area contributed by atoms with E-state index in [-0.39, 0.29) is 27.3 Å². The van der Waals surface area contributed by atoms with Crippen LogP contribution < -0.4 is 4.72 Å². The first-order chi connectivity index (χ1) is 16.5. The Morgan fingerprint density at radius 1 is 1.09 bits per heavy atom. The fourth-order valence-corrected chi connectivity index (χ4v) is 9.11. The Hall–Kier alpha value is -2.27. The van der Waals surface area contributed by atoms with E-state index in [2.05, 4.69) is 4.72 Å². The number of fused-ring (bicyclic) bond motifs is 2. The molecular weight excluding hydrogens is 488 g/mol. The molecule has 1 saturated heterocycles. The third-order valence-corrected chi connectivity index (χ3v) is 11.1. The smallest absolute Gasteiger partial charge is 0.317 e. The topological polar surface area (TPSA) is 121 Å². The molecule has 2 aliphatic rings. The summed E-state index contributed by atoms with van der Waals surface area (Å²) in [5.74, 6) is -0.910. The summed E-state index contributed by atoms with van der Waals surface area (Å²) in [6, 6.07) is 9.73. The van der Waals surface area contributed by atoms with Gasteiger partial charge in [0.25, 0.3) is 0 Å². The minimum Gasteiger partial charge on any atom is -0.480 e. The van der Waals surface area contributed by atoms with Crippen LogP contribution in [-0.2, 0) is 30.1 Å². The number of nitrogens with zero attached hydrogens (tertiary/aromatic N) is 1. The highest BCUT2D eigenvalue weighted by Crippen LogP contribution is 2.50. The summed E-state index contributed by atoms with van der Waals surface area (Å²) in [4.78, 5) is 13.0. The Balaban J connectivity index is 1.74. The van der Waals surface area contributed by atoms with Gasteiger partial charge in [0, 0.05) is 24.5 Å². The molecule has 10 heteroatoms. The molecule has 2 N–H and O–H groups in total. The number of likely N-dealkylation sites (tertiary alicyclic amines) is 1. The van der Waals surface area contributed by atoms with Crippen LogP contribution in [0.3, 0.4) is 0 Å². The highest BCUT2D eigenvalue weighted by atomic mass is 32.2. The highest BCUT2D eigenvalue weighted by molar-refractivity contribution is 7.92. The number of hydrogen-bond acceptors (Lipinski definition) is 6. The number of piperidine rings is 1. The monoisotopic (exact) mass is 520 g/mol. The van der Waals surface area contributed by atoms with E-state index in [0.717, 1.165) is 5.56 Å². The minimum atomic E-state index is -3.99. The largest absolute Gasteiger partial charge is 0.480 e. The van der Waals surface area contributed by atoms with Crippen molar-refractivity contribution in [2.75, 3.05) is 19.6 Å². The molecule has 2 aliphatic heterocycles. The van der Waals surface area contributed by atoms with Crippen LogP contribution in [0.1, 0.15) is 56.2 Å². The fourth-order valence-electron chi connectivity index (χ4n) is 5.61. The maximum Gasteiger partial charge on any atom is 0.317 e. The molecule has 0 unspecified atom stereocenters. The molecule has 2 aromatic rings. The number of sulfone groups is 1. The van der Waals surface area contributed by atoms with E-state index < -0.39 is 31.2 Å². The lowest BCUT2D eigenvalue weighted by atomic mass is 9.70. The second-order valence-electron chi connectivity index (χ2n) is 9.47. The number of carboxylic acids is 1. The number of aliphatic carboxylic acids is 1. The van der Waals surface area contributed by atoms with E-state index in [1.807, 2.05) is 26.0 Å². The first-order valence-corrected chi connectivity index (χ1v) is 14.9. The second kappa shape index (κ2) is 9.31. The summed E-state index contributed by atoms with van der Waals surface area (Å²) >= 11 is 0. The van der Waals surface area contributed by atoms with Gasteiger partial charge in [0.1, 0.15) is 0 Å². The normalized spacial score (nSPS) is 19.6. The lowest BCUT2D eigenvalue weighted by molar-refractivity contribution is -0.138. The van der Waals surface area contributed by atoms with E-state index >= 15 is 0 Å². The molecule has 0 amide bonds. The molecule has 4 rings (SSSR count). The Morgan fingerprint density at radius 2 is 1.71 bits per heavy atom. The standard InChI is InChI=1S/C25H32N2O6S2/c1-4-25(5-2)19-8-6-7-9-21(19)34(30,31)23-15-22(17(3)14-20(23)25)35(32,33)26-18-10-12-27(13-11-18)16-24(28)29/h6-9,14-15,18,26H,4-5,10-13,16H2,1-3H3,(H,28,29). The minimum absolute atomic E-state index is 0.0340. The van der Waals surface area contributed by atoms with Crippen molar-refractivity contribution in [3.63, 3.8) is 0 Å². The van der Waals surface area contributed by atoms with Crippen LogP contribution in [0, 0.1) is 6.92 Å². The van der Waals surface area contributed by atoms with Gasteiger partial charge in [-0.1, -0.05) is 38.1 Å². The van der Waals surface area contributed by atoms with E-state index in [4.69, 9.17) is 5.11 Å². The van der Waals surface area contributed by atoms with E-state index in [9.17, 15) is 21.6 Å².